The molecule has 0 atom stereocenters. The van der Waals surface area contributed by atoms with Crippen molar-refractivity contribution < 1.29 is 14.7 Å². The molecule has 7 heteroatoms. The third kappa shape index (κ3) is 4.76. The fourth-order valence-electron chi connectivity index (χ4n) is 3.29. The minimum absolute atomic E-state index is 0.0593. The first-order valence-corrected chi connectivity index (χ1v) is 10.1. The largest absolute Gasteiger partial charge is 0.550 e. The number of carbonyl (C=O) groups is 2. The van der Waals surface area contributed by atoms with Crippen molar-refractivity contribution in [3.63, 3.8) is 0 Å². The van der Waals surface area contributed by atoms with E-state index < -0.39 is 5.97 Å². The van der Waals surface area contributed by atoms with E-state index in [1.165, 1.54) is 17.5 Å². The lowest BCUT2D eigenvalue weighted by molar-refractivity contribution is -0.305. The molecule has 1 amide bonds. The normalized spacial score (nSPS) is 16.3. The molecular weight excluding hydrogens is 368 g/mol. The zero-order valence-electron chi connectivity index (χ0n) is 15.7. The summed E-state index contributed by atoms with van der Waals surface area (Å²) in [5.74, 6) is -1.09. The van der Waals surface area contributed by atoms with Gasteiger partial charge in [-0.1, -0.05) is 30.4 Å². The van der Waals surface area contributed by atoms with Gasteiger partial charge in [-0.15, -0.1) is 0 Å². The summed E-state index contributed by atoms with van der Waals surface area (Å²) in [5.41, 5.74) is 3.36. The average Bonchev–Trinajstić information content (AvgIpc) is 2.96. The molecule has 0 bridgehead atoms. The topological polar surface area (TPSA) is 65.4 Å². The molecule has 0 radical (unpaired) electrons. The van der Waals surface area contributed by atoms with Gasteiger partial charge < -0.3 is 14.5 Å². The maximum absolute atomic E-state index is 12.7. The van der Waals surface area contributed by atoms with Gasteiger partial charge in [0.25, 0.3) is 5.91 Å². The zero-order chi connectivity index (χ0) is 19.4. The monoisotopic (exact) mass is 393 g/mol. The molecule has 26 heavy (non-hydrogen) atoms. The first-order valence-electron chi connectivity index (χ1n) is 8.86. The van der Waals surface area contributed by atoms with Gasteiger partial charge in [-0.25, -0.2) is 0 Å². The van der Waals surface area contributed by atoms with Crippen molar-refractivity contribution in [2.24, 2.45) is 0 Å². The lowest BCUT2D eigenvalue weighted by Gasteiger charge is -2.14. The van der Waals surface area contributed by atoms with Crippen molar-refractivity contribution in [3.8, 4) is 0 Å². The predicted molar refractivity (Wildman–Crippen MR) is 108 cm³/mol. The van der Waals surface area contributed by atoms with Crippen LogP contribution >= 0.6 is 24.0 Å². The molecule has 5 nitrogen and oxygen atoms in total. The number of thioether (sulfide) groups is 1. The SMILES string of the molecule is Cc1cc(/C=C2\SC(=S)N(CCCCCC(=O)[O-])C2=O)c(C)n1C(C)C. The number of aromatic nitrogens is 1. The van der Waals surface area contributed by atoms with Crippen LogP contribution in [0.25, 0.3) is 6.08 Å². The van der Waals surface area contributed by atoms with Crippen molar-refractivity contribution in [2.75, 3.05) is 6.54 Å². The van der Waals surface area contributed by atoms with Crippen LogP contribution in [0.5, 0.6) is 0 Å². The summed E-state index contributed by atoms with van der Waals surface area (Å²) in [6, 6.07) is 2.47. The van der Waals surface area contributed by atoms with Crippen molar-refractivity contribution in [1.29, 1.82) is 0 Å². The number of carboxylic acids is 1. The molecule has 1 saturated heterocycles. The van der Waals surface area contributed by atoms with E-state index in [-0.39, 0.29) is 12.3 Å². The molecule has 0 N–H and O–H groups in total. The highest BCUT2D eigenvalue weighted by Gasteiger charge is 2.31. The van der Waals surface area contributed by atoms with Gasteiger partial charge in [0.05, 0.1) is 4.91 Å². The number of aliphatic carboxylic acids is 1. The van der Waals surface area contributed by atoms with Gasteiger partial charge in [-0.05, 0) is 64.7 Å². The predicted octanol–water partition coefficient (Wildman–Crippen LogP) is 3.20. The summed E-state index contributed by atoms with van der Waals surface area (Å²) in [6.45, 7) is 8.95. The maximum Gasteiger partial charge on any atom is 0.266 e. The van der Waals surface area contributed by atoms with Crippen molar-refractivity contribution >= 4 is 46.3 Å². The van der Waals surface area contributed by atoms with Gasteiger partial charge in [-0.3, -0.25) is 9.69 Å². The number of rotatable bonds is 8. The number of amides is 1. The highest BCUT2D eigenvalue weighted by Crippen LogP contribution is 2.34. The minimum Gasteiger partial charge on any atom is -0.550 e. The molecule has 0 aliphatic carbocycles. The summed E-state index contributed by atoms with van der Waals surface area (Å²) in [6.07, 6.45) is 4.02. The van der Waals surface area contributed by atoms with Crippen LogP contribution < -0.4 is 5.11 Å². The quantitative estimate of drug-likeness (QED) is 0.385. The van der Waals surface area contributed by atoms with Gasteiger partial charge in [0, 0.05) is 29.9 Å². The lowest BCUT2D eigenvalue weighted by atomic mass is 10.2. The molecule has 142 valence electrons. The molecule has 0 saturated carbocycles. The number of carbonyl (C=O) groups excluding carboxylic acids is 2. The van der Waals surface area contributed by atoms with Crippen LogP contribution in [0, 0.1) is 13.8 Å². The van der Waals surface area contributed by atoms with Gasteiger partial charge in [-0.2, -0.15) is 0 Å². The van der Waals surface area contributed by atoms with E-state index in [1.54, 1.807) is 4.90 Å². The molecule has 0 spiro atoms. The van der Waals surface area contributed by atoms with Gasteiger partial charge in [0.15, 0.2) is 0 Å². The third-order valence-electron chi connectivity index (χ3n) is 4.46. The Morgan fingerprint density at radius 1 is 1.31 bits per heavy atom. The van der Waals surface area contributed by atoms with E-state index >= 15 is 0 Å². The number of aryl methyl sites for hydroxylation is 1. The fraction of sp³-hybridized carbons (Fsp3) is 0.526. The smallest absolute Gasteiger partial charge is 0.266 e. The Kier molecular flexibility index (Phi) is 7.06. The highest BCUT2D eigenvalue weighted by atomic mass is 32.2. The number of unbranched alkanes of at least 4 members (excludes halogenated alkanes) is 2. The van der Waals surface area contributed by atoms with Gasteiger partial charge in [0.2, 0.25) is 0 Å². The average molecular weight is 394 g/mol. The Bertz CT molecular complexity index is 750. The van der Waals surface area contributed by atoms with E-state index in [2.05, 4.69) is 38.3 Å². The van der Waals surface area contributed by atoms with Crippen molar-refractivity contribution in [3.05, 3.63) is 27.9 Å². The number of thiocarbonyl (C=S) groups is 1. The standard InChI is InChI=1S/C19H26N2O3S2/c1-12(2)21-13(3)10-15(14(21)4)11-16-18(24)20(19(25)26-16)9-7-5-6-8-17(22)23/h10-12H,5-9H2,1-4H3,(H,22,23)/p-1/b16-11-. The van der Waals surface area contributed by atoms with Crippen LogP contribution in [0.15, 0.2) is 11.0 Å². The van der Waals surface area contributed by atoms with E-state index in [4.69, 9.17) is 12.2 Å². The number of carboxylic acid groups (broad SMARTS) is 1. The van der Waals surface area contributed by atoms with Crippen molar-refractivity contribution in [1.82, 2.24) is 9.47 Å². The fourth-order valence-corrected chi connectivity index (χ4v) is 4.59. The van der Waals surface area contributed by atoms with Crippen LogP contribution in [-0.4, -0.2) is 32.2 Å². The summed E-state index contributed by atoms with van der Waals surface area (Å²) >= 11 is 6.69. The Morgan fingerprint density at radius 2 is 2.00 bits per heavy atom. The third-order valence-corrected chi connectivity index (χ3v) is 5.84. The first kappa shape index (κ1) is 20.7. The summed E-state index contributed by atoms with van der Waals surface area (Å²) in [4.78, 5) is 25.4. The molecule has 1 aromatic rings. The Hall–Kier alpha value is -1.60. The Morgan fingerprint density at radius 3 is 2.58 bits per heavy atom. The number of hydrogen-bond acceptors (Lipinski definition) is 5. The van der Waals surface area contributed by atoms with Gasteiger partial charge >= 0.3 is 0 Å². The molecule has 1 fully saturated rings. The second kappa shape index (κ2) is 8.86. The zero-order valence-corrected chi connectivity index (χ0v) is 17.3. The summed E-state index contributed by atoms with van der Waals surface area (Å²) < 4.78 is 2.82. The van der Waals surface area contributed by atoms with E-state index in [0.29, 0.717) is 28.2 Å². The number of hydrogen-bond donors (Lipinski definition) is 0. The summed E-state index contributed by atoms with van der Waals surface area (Å²) in [5, 5.41) is 10.4. The molecule has 0 unspecified atom stereocenters. The molecule has 2 rings (SSSR count). The lowest BCUT2D eigenvalue weighted by Crippen LogP contribution is -2.29. The van der Waals surface area contributed by atoms with E-state index in [1.807, 2.05) is 6.08 Å². The summed E-state index contributed by atoms with van der Waals surface area (Å²) in [7, 11) is 0. The van der Waals surface area contributed by atoms with Gasteiger partial charge in [0.1, 0.15) is 4.32 Å². The Balaban J connectivity index is 2.05. The molecule has 1 aromatic heterocycles. The van der Waals surface area contributed by atoms with Crippen LogP contribution in [0.4, 0.5) is 0 Å². The van der Waals surface area contributed by atoms with Crippen molar-refractivity contribution in [2.45, 2.75) is 59.4 Å². The molecule has 2 heterocycles. The second-order valence-corrected chi connectivity index (χ2v) is 8.48. The molecule has 0 aromatic carbocycles. The van der Waals surface area contributed by atoms with Crippen LogP contribution in [0.1, 0.15) is 62.5 Å². The molecular formula is C19H25N2O3S2-. The van der Waals surface area contributed by atoms with Crippen LogP contribution in [0.2, 0.25) is 0 Å². The van der Waals surface area contributed by atoms with E-state index in [0.717, 1.165) is 24.1 Å². The maximum atomic E-state index is 12.7. The van der Waals surface area contributed by atoms with Crippen LogP contribution in [-0.2, 0) is 9.59 Å². The first-order chi connectivity index (χ1) is 12.2. The minimum atomic E-state index is -1.03. The van der Waals surface area contributed by atoms with Crippen LogP contribution in [0.3, 0.4) is 0 Å². The molecule has 1 aliphatic rings. The number of nitrogens with zero attached hydrogens (tertiary/aromatic N) is 2. The Labute approximate surface area is 164 Å². The molecule has 1 aliphatic heterocycles. The van der Waals surface area contributed by atoms with E-state index in [9.17, 15) is 14.7 Å². The highest BCUT2D eigenvalue weighted by molar-refractivity contribution is 8.26. The second-order valence-electron chi connectivity index (χ2n) is 6.81.